The number of nitrogens with one attached hydrogen (secondary N) is 3. The van der Waals surface area contributed by atoms with Gasteiger partial charge in [0.1, 0.15) is 0 Å². The second-order valence-corrected chi connectivity index (χ2v) is 8.61. The Balaban J connectivity index is 1.32. The number of anilines is 1. The molecule has 0 bridgehead atoms. The van der Waals surface area contributed by atoms with Crippen LogP contribution in [-0.4, -0.2) is 38.2 Å². The number of hydrogen-bond donors (Lipinski definition) is 3. The van der Waals surface area contributed by atoms with Crippen LogP contribution in [0.15, 0.2) is 42.9 Å². The Morgan fingerprint density at radius 1 is 1.16 bits per heavy atom. The lowest BCUT2D eigenvalue weighted by Crippen LogP contribution is -2.42. The van der Waals surface area contributed by atoms with E-state index in [1.807, 2.05) is 25.1 Å². The van der Waals surface area contributed by atoms with Crippen molar-refractivity contribution in [2.75, 3.05) is 5.32 Å². The van der Waals surface area contributed by atoms with Crippen LogP contribution in [0.1, 0.15) is 41.7 Å². The van der Waals surface area contributed by atoms with Crippen molar-refractivity contribution in [3.8, 4) is 0 Å². The van der Waals surface area contributed by atoms with Crippen molar-refractivity contribution in [3.63, 3.8) is 0 Å². The largest absolute Gasteiger partial charge is 0.382 e. The first kappa shape index (κ1) is 19.8. The summed E-state index contributed by atoms with van der Waals surface area (Å²) in [6.07, 6.45) is 8.85. The molecule has 3 heterocycles. The summed E-state index contributed by atoms with van der Waals surface area (Å²) in [5.74, 6) is -0.120. The number of aromatic nitrogens is 4. The summed E-state index contributed by atoms with van der Waals surface area (Å²) in [6, 6.07) is 8.17. The normalized spacial score (nSPS) is 18.9. The van der Waals surface area contributed by atoms with Gasteiger partial charge in [0.05, 0.1) is 22.8 Å². The second-order valence-electron chi connectivity index (χ2n) is 8.17. The predicted octanol–water partition coefficient (Wildman–Crippen LogP) is 4.62. The van der Waals surface area contributed by atoms with Gasteiger partial charge < -0.3 is 10.6 Å². The molecule has 1 aromatic carbocycles. The van der Waals surface area contributed by atoms with Gasteiger partial charge in [-0.1, -0.05) is 11.6 Å². The number of benzene rings is 1. The standard InChI is InChI=1S/C23H23ClN6O/c1-13-7-21(18-8-15(24)5-6-20(18)27-13)28-16-3-2-4-17(9-16)29-23(31)19-12-25-10-14-11-26-30-22(14)19/h5-8,10-12,16-17H,2-4,9H2,1H3,(H,26,30)(H,27,28)(H,29,31)/t16-,17+/m0/s1. The number of nitrogens with zero attached hydrogens (tertiary/aromatic N) is 3. The Kier molecular flexibility index (Phi) is 5.19. The van der Waals surface area contributed by atoms with Crippen LogP contribution in [0.5, 0.6) is 0 Å². The van der Waals surface area contributed by atoms with Gasteiger partial charge in [0.25, 0.3) is 5.91 Å². The molecule has 1 aliphatic carbocycles. The van der Waals surface area contributed by atoms with E-state index in [-0.39, 0.29) is 18.0 Å². The van der Waals surface area contributed by atoms with E-state index in [4.69, 9.17) is 11.6 Å². The lowest BCUT2D eigenvalue weighted by molar-refractivity contribution is 0.0927. The highest BCUT2D eigenvalue weighted by Gasteiger charge is 2.25. The van der Waals surface area contributed by atoms with Crippen molar-refractivity contribution in [1.29, 1.82) is 0 Å². The van der Waals surface area contributed by atoms with E-state index >= 15 is 0 Å². The number of amides is 1. The van der Waals surface area contributed by atoms with Crippen LogP contribution in [0.4, 0.5) is 5.69 Å². The zero-order valence-electron chi connectivity index (χ0n) is 17.2. The molecule has 1 saturated carbocycles. The molecule has 8 heteroatoms. The number of fused-ring (bicyclic) bond motifs is 2. The number of carbonyl (C=O) groups is 1. The van der Waals surface area contributed by atoms with Crippen LogP contribution in [0.2, 0.25) is 5.02 Å². The van der Waals surface area contributed by atoms with Gasteiger partial charge in [-0.05, 0) is 56.9 Å². The molecule has 5 rings (SSSR count). The van der Waals surface area contributed by atoms with Gasteiger partial charge in [-0.2, -0.15) is 5.10 Å². The van der Waals surface area contributed by atoms with Gasteiger partial charge in [-0.3, -0.25) is 19.9 Å². The van der Waals surface area contributed by atoms with Crippen LogP contribution < -0.4 is 10.6 Å². The molecule has 1 amide bonds. The van der Waals surface area contributed by atoms with E-state index < -0.39 is 0 Å². The first-order valence-corrected chi connectivity index (χ1v) is 10.9. The molecule has 0 saturated heterocycles. The van der Waals surface area contributed by atoms with Crippen LogP contribution in [0, 0.1) is 6.92 Å². The quantitative estimate of drug-likeness (QED) is 0.435. The second kappa shape index (κ2) is 8.15. The minimum absolute atomic E-state index is 0.0923. The summed E-state index contributed by atoms with van der Waals surface area (Å²) < 4.78 is 0. The number of aryl methyl sites for hydroxylation is 1. The number of halogens is 1. The summed E-state index contributed by atoms with van der Waals surface area (Å²) in [5.41, 5.74) is 4.16. The highest BCUT2D eigenvalue weighted by atomic mass is 35.5. The van der Waals surface area contributed by atoms with Crippen LogP contribution >= 0.6 is 11.6 Å². The highest BCUT2D eigenvalue weighted by Crippen LogP contribution is 2.29. The zero-order valence-corrected chi connectivity index (χ0v) is 17.9. The summed E-state index contributed by atoms with van der Waals surface area (Å²) in [6.45, 7) is 1.99. The van der Waals surface area contributed by atoms with E-state index in [2.05, 4.69) is 36.9 Å². The molecular weight excluding hydrogens is 412 g/mol. The molecule has 3 N–H and O–H groups in total. The average molecular weight is 435 g/mol. The molecule has 0 unspecified atom stereocenters. The zero-order chi connectivity index (χ0) is 21.4. The van der Waals surface area contributed by atoms with Gasteiger partial charge in [0, 0.05) is 51.7 Å². The Hall–Kier alpha value is -3.19. The first-order valence-electron chi connectivity index (χ1n) is 10.5. The number of H-pyrrole nitrogens is 1. The molecule has 4 aromatic rings. The van der Waals surface area contributed by atoms with Crippen molar-refractivity contribution in [2.45, 2.75) is 44.7 Å². The van der Waals surface area contributed by atoms with Gasteiger partial charge >= 0.3 is 0 Å². The molecule has 2 atom stereocenters. The minimum Gasteiger partial charge on any atom is -0.382 e. The molecule has 3 aromatic heterocycles. The lowest BCUT2D eigenvalue weighted by atomic mass is 9.90. The SMILES string of the molecule is Cc1cc(N[C@H]2CCC[C@@H](NC(=O)c3cncc4cn[nH]c34)C2)c2cc(Cl)ccc2n1. The van der Waals surface area contributed by atoms with Crippen LogP contribution in [0.3, 0.4) is 0 Å². The molecule has 0 aliphatic heterocycles. The Morgan fingerprint density at radius 2 is 2.03 bits per heavy atom. The first-order chi connectivity index (χ1) is 15.1. The van der Waals surface area contributed by atoms with E-state index in [1.54, 1.807) is 18.6 Å². The maximum absolute atomic E-state index is 12.9. The van der Waals surface area contributed by atoms with Crippen molar-refractivity contribution < 1.29 is 4.79 Å². The fourth-order valence-corrected chi connectivity index (χ4v) is 4.59. The van der Waals surface area contributed by atoms with E-state index in [9.17, 15) is 4.79 Å². The van der Waals surface area contributed by atoms with Crippen molar-refractivity contribution in [1.82, 2.24) is 25.5 Å². The van der Waals surface area contributed by atoms with Crippen LogP contribution in [-0.2, 0) is 0 Å². The summed E-state index contributed by atoms with van der Waals surface area (Å²) in [7, 11) is 0. The van der Waals surface area contributed by atoms with Crippen LogP contribution in [0.25, 0.3) is 21.8 Å². The lowest BCUT2D eigenvalue weighted by Gasteiger charge is -2.31. The van der Waals surface area contributed by atoms with Gasteiger partial charge in [-0.25, -0.2) is 0 Å². The number of pyridine rings is 2. The number of rotatable bonds is 4. The summed E-state index contributed by atoms with van der Waals surface area (Å²) in [4.78, 5) is 21.7. The van der Waals surface area contributed by atoms with Crippen molar-refractivity contribution >= 4 is 45.0 Å². The Bertz CT molecular complexity index is 1270. The molecule has 7 nitrogen and oxygen atoms in total. The smallest absolute Gasteiger partial charge is 0.255 e. The molecule has 0 spiro atoms. The van der Waals surface area contributed by atoms with Gasteiger partial charge in [0.15, 0.2) is 0 Å². The highest BCUT2D eigenvalue weighted by molar-refractivity contribution is 6.31. The van der Waals surface area contributed by atoms with Crippen molar-refractivity contribution in [2.24, 2.45) is 0 Å². The van der Waals surface area contributed by atoms with Crippen molar-refractivity contribution in [3.05, 3.63) is 59.1 Å². The van der Waals surface area contributed by atoms with E-state index in [0.29, 0.717) is 16.1 Å². The number of aromatic amines is 1. The fraction of sp³-hybridized carbons (Fsp3) is 0.304. The minimum atomic E-state index is -0.120. The fourth-order valence-electron chi connectivity index (χ4n) is 4.42. The maximum Gasteiger partial charge on any atom is 0.255 e. The third-order valence-corrected chi connectivity index (χ3v) is 6.10. The van der Waals surface area contributed by atoms with E-state index in [1.165, 1.54) is 0 Å². The molecule has 158 valence electrons. The monoisotopic (exact) mass is 434 g/mol. The predicted molar refractivity (Wildman–Crippen MR) is 123 cm³/mol. The molecular formula is C23H23ClN6O. The van der Waals surface area contributed by atoms with E-state index in [0.717, 1.165) is 53.4 Å². The third-order valence-electron chi connectivity index (χ3n) is 5.87. The third kappa shape index (κ3) is 4.05. The molecule has 0 radical (unpaired) electrons. The molecule has 1 fully saturated rings. The van der Waals surface area contributed by atoms with Gasteiger partial charge in [-0.15, -0.1) is 0 Å². The molecule has 31 heavy (non-hydrogen) atoms. The summed E-state index contributed by atoms with van der Waals surface area (Å²) in [5, 5.41) is 16.3. The number of carbonyl (C=O) groups excluding carboxylic acids is 1. The van der Waals surface area contributed by atoms with Gasteiger partial charge in [0.2, 0.25) is 0 Å². The Labute approximate surface area is 184 Å². The topological polar surface area (TPSA) is 95.6 Å². The number of hydrogen-bond acceptors (Lipinski definition) is 5. The average Bonchev–Trinajstić information content (AvgIpc) is 3.23. The Morgan fingerprint density at radius 3 is 2.94 bits per heavy atom. The molecule has 1 aliphatic rings. The maximum atomic E-state index is 12.9. The summed E-state index contributed by atoms with van der Waals surface area (Å²) >= 11 is 6.23.